The molecule has 8 heteroatoms. The Morgan fingerprint density at radius 2 is 1.22 bits per heavy atom. The molecule has 0 unspecified atom stereocenters. The molecular weight excluding hydrogens is 155 g/mol. The van der Waals surface area contributed by atoms with Crippen molar-refractivity contribution in [1.29, 1.82) is 0 Å². The quantitative estimate of drug-likeness (QED) is 0.299. The smallest absolute Gasteiger partial charge is 0.450 e. The first-order valence-electron chi connectivity index (χ1n) is 1.43. The van der Waals surface area contributed by atoms with Gasteiger partial charge in [-0.25, -0.2) is 9.36 Å². The van der Waals surface area contributed by atoms with E-state index in [1.165, 1.54) is 0 Å². The van der Waals surface area contributed by atoms with Crippen LogP contribution >= 0.6 is 7.82 Å². The second-order valence-corrected chi connectivity index (χ2v) is 1.82. The number of phosphoric acid groups is 1. The molecule has 0 amide bonds. The van der Waals surface area contributed by atoms with Crippen LogP contribution in [-0.4, -0.2) is 31.0 Å². The third-order valence-electron chi connectivity index (χ3n) is 0. The summed E-state index contributed by atoms with van der Waals surface area (Å²) in [6, 6.07) is 0. The highest BCUT2D eigenvalue weighted by atomic mass is 31.2. The first-order valence-corrected chi connectivity index (χ1v) is 3.00. The molecule has 0 atom stereocenters. The minimum absolute atomic E-state index is 0. The van der Waals surface area contributed by atoms with E-state index >= 15 is 0 Å². The molecule has 0 aliphatic carbocycles. The molecule has 0 aliphatic heterocycles. The van der Waals surface area contributed by atoms with Gasteiger partial charge in [-0.2, -0.15) is 0 Å². The molecule has 7 nitrogen and oxygen atoms in total. The van der Waals surface area contributed by atoms with Gasteiger partial charge in [-0.1, -0.05) is 0 Å². The Kier molecular flexibility index (Phi) is 5.33. The zero-order chi connectivity index (χ0) is 8.08. The third-order valence-corrected chi connectivity index (χ3v) is 0. The first kappa shape index (κ1) is 11.2. The van der Waals surface area contributed by atoms with Crippen LogP contribution in [0.3, 0.4) is 0 Å². The Hall–Kier alpha value is -0.620. The van der Waals surface area contributed by atoms with Crippen LogP contribution in [0.2, 0.25) is 0 Å². The van der Waals surface area contributed by atoms with Crippen molar-refractivity contribution < 1.29 is 35.7 Å². The molecule has 0 rings (SSSR count). The van der Waals surface area contributed by atoms with Gasteiger partial charge in [-0.05, 0) is 0 Å². The van der Waals surface area contributed by atoms with Gasteiger partial charge in [0.25, 0.3) is 0 Å². The van der Waals surface area contributed by atoms with Crippen molar-refractivity contribution in [2.45, 2.75) is 0 Å². The average Bonchev–Trinajstić information content (AvgIpc) is 1.19. The van der Waals surface area contributed by atoms with Crippen molar-refractivity contribution in [3.63, 3.8) is 0 Å². The van der Waals surface area contributed by atoms with Crippen LogP contribution in [0.1, 0.15) is 1.43 Å². The Labute approximate surface area is 50.9 Å². The van der Waals surface area contributed by atoms with E-state index in [2.05, 4.69) is 0 Å². The van der Waals surface area contributed by atoms with Gasteiger partial charge in [0.2, 0.25) is 0 Å². The lowest BCUT2D eigenvalue weighted by atomic mass is 11.5. The minimum Gasteiger partial charge on any atom is -0.450 e. The number of hydrogen-bond acceptors (Lipinski definition) is 2. The Balaban J connectivity index is -0.0000000910. The lowest BCUT2D eigenvalue weighted by molar-refractivity contribution is 0.137. The summed E-state index contributed by atoms with van der Waals surface area (Å²) in [6.45, 7) is 0. The van der Waals surface area contributed by atoms with Gasteiger partial charge in [0.15, 0.2) is 0 Å². The summed E-state index contributed by atoms with van der Waals surface area (Å²) in [5.74, 6) is 0. The Bertz CT molecular complexity index is 113. The molecule has 0 bridgehead atoms. The highest BCUT2D eigenvalue weighted by Gasteiger charge is 2.00. The molecule has 0 saturated carbocycles. The molecule has 9 heavy (non-hydrogen) atoms. The number of hydrogen-bond donors (Lipinski definition) is 5. The summed E-state index contributed by atoms with van der Waals surface area (Å²) < 4.78 is 8.88. The Morgan fingerprint density at radius 3 is 1.22 bits per heavy atom. The largest absolute Gasteiger partial charge is 1.00 e. The second kappa shape index (κ2) is 4.28. The molecular formula is CH6O7P+. The third kappa shape index (κ3) is 556. The van der Waals surface area contributed by atoms with Gasteiger partial charge in [-0.15, -0.1) is 0 Å². The molecule has 0 heterocycles. The molecule has 56 valence electrons. The second-order valence-electron chi connectivity index (χ2n) is 0.796. The van der Waals surface area contributed by atoms with E-state index in [1.807, 2.05) is 0 Å². The molecule has 0 fully saturated rings. The van der Waals surface area contributed by atoms with Crippen molar-refractivity contribution in [2.75, 3.05) is 0 Å². The van der Waals surface area contributed by atoms with Gasteiger partial charge >= 0.3 is 15.4 Å². The number of carboxylic acid groups (broad SMARTS) is 2. The van der Waals surface area contributed by atoms with E-state index < -0.39 is 14.0 Å². The van der Waals surface area contributed by atoms with Gasteiger partial charge in [0.1, 0.15) is 0 Å². The number of rotatable bonds is 0. The van der Waals surface area contributed by atoms with E-state index in [9.17, 15) is 0 Å². The lowest BCUT2D eigenvalue weighted by Gasteiger charge is -1.82. The van der Waals surface area contributed by atoms with Crippen LogP contribution in [0.25, 0.3) is 0 Å². The summed E-state index contributed by atoms with van der Waals surface area (Å²) in [5.41, 5.74) is 0. The lowest BCUT2D eigenvalue weighted by Crippen LogP contribution is -1.81. The van der Waals surface area contributed by atoms with Crippen molar-refractivity contribution >= 4 is 14.0 Å². The highest BCUT2D eigenvalue weighted by Crippen LogP contribution is 2.25. The first-order chi connectivity index (χ1) is 3.73. The fraction of sp³-hybridized carbons (Fsp3) is 0. The molecule has 0 radical (unpaired) electrons. The molecule has 0 saturated heterocycles. The van der Waals surface area contributed by atoms with E-state index in [0.717, 1.165) is 0 Å². The summed E-state index contributed by atoms with van der Waals surface area (Å²) in [5, 5.41) is 13.9. The monoisotopic (exact) mass is 161 g/mol. The van der Waals surface area contributed by atoms with E-state index in [0.29, 0.717) is 0 Å². The maximum Gasteiger partial charge on any atom is 1.00 e. The topological polar surface area (TPSA) is 135 Å². The summed E-state index contributed by atoms with van der Waals surface area (Å²) >= 11 is 0. The van der Waals surface area contributed by atoms with Crippen LogP contribution in [0, 0.1) is 0 Å². The van der Waals surface area contributed by atoms with E-state index in [4.69, 9.17) is 34.3 Å². The van der Waals surface area contributed by atoms with Crippen LogP contribution in [0.5, 0.6) is 0 Å². The van der Waals surface area contributed by atoms with Gasteiger partial charge in [0.05, 0.1) is 0 Å². The zero-order valence-electron chi connectivity index (χ0n) is 5.00. The minimum atomic E-state index is -4.64. The Morgan fingerprint density at radius 1 is 1.22 bits per heavy atom. The highest BCUT2D eigenvalue weighted by molar-refractivity contribution is 7.45. The summed E-state index contributed by atoms with van der Waals surface area (Å²) in [7, 11) is -4.64. The fourth-order valence-corrected chi connectivity index (χ4v) is 0. The van der Waals surface area contributed by atoms with Crippen molar-refractivity contribution in [3.05, 3.63) is 0 Å². The SMILES string of the molecule is O=C(O)O.O=P(O)(O)O.[H+]. The standard InChI is InChI=1S/CH2O3.H3O4P/c2-1(3)4;1-5(2,3)4/h(H2,2,3,4);(H3,1,2,3,4)/p+1. The van der Waals surface area contributed by atoms with E-state index in [-0.39, 0.29) is 1.43 Å². The summed E-state index contributed by atoms with van der Waals surface area (Å²) in [6.07, 6.45) is -1.83. The zero-order valence-corrected chi connectivity index (χ0v) is 4.89. The van der Waals surface area contributed by atoms with Crippen molar-refractivity contribution in [3.8, 4) is 0 Å². The predicted octanol–water partition coefficient (Wildman–Crippen LogP) is -0.594. The molecule has 0 aromatic heterocycles. The van der Waals surface area contributed by atoms with Gasteiger partial charge in [-0.3, -0.25) is 0 Å². The van der Waals surface area contributed by atoms with Crippen LogP contribution < -0.4 is 0 Å². The van der Waals surface area contributed by atoms with Gasteiger partial charge in [0, 0.05) is 0 Å². The maximum atomic E-state index is 8.88. The van der Waals surface area contributed by atoms with Crippen LogP contribution in [0.15, 0.2) is 0 Å². The van der Waals surface area contributed by atoms with Crippen LogP contribution in [0.4, 0.5) is 4.79 Å². The normalized spacial score (nSPS) is 9.22. The summed E-state index contributed by atoms with van der Waals surface area (Å²) in [4.78, 5) is 30.1. The average molecular weight is 161 g/mol. The van der Waals surface area contributed by atoms with E-state index in [1.54, 1.807) is 0 Å². The molecule has 0 aromatic carbocycles. The fourth-order valence-electron chi connectivity index (χ4n) is 0. The molecule has 0 spiro atoms. The van der Waals surface area contributed by atoms with Crippen LogP contribution in [-0.2, 0) is 4.57 Å². The maximum absolute atomic E-state index is 8.88. The number of carbonyl (C=O) groups is 1. The van der Waals surface area contributed by atoms with Crippen molar-refractivity contribution in [2.24, 2.45) is 0 Å². The molecule has 0 aliphatic rings. The molecule has 0 aromatic rings. The van der Waals surface area contributed by atoms with Crippen molar-refractivity contribution in [1.82, 2.24) is 0 Å². The van der Waals surface area contributed by atoms with Gasteiger partial charge < -0.3 is 24.9 Å². The molecule has 5 N–H and O–H groups in total. The predicted molar refractivity (Wildman–Crippen MR) is 26.0 cm³/mol.